The van der Waals surface area contributed by atoms with Crippen LogP contribution in [0.15, 0.2) is 93.6 Å². The zero-order valence-corrected chi connectivity index (χ0v) is 19.9. The Hall–Kier alpha value is -3.83. The number of nitro groups is 1. The summed E-state index contributed by atoms with van der Waals surface area (Å²) in [7, 11) is 0. The van der Waals surface area contributed by atoms with Gasteiger partial charge in [0.25, 0.3) is 11.6 Å². The molecule has 0 spiro atoms. The summed E-state index contributed by atoms with van der Waals surface area (Å²) in [6.07, 6.45) is 1.25. The maximum absolute atomic E-state index is 12.4. The summed E-state index contributed by atoms with van der Waals surface area (Å²) < 4.78 is 2.83. The highest BCUT2D eigenvalue weighted by Crippen LogP contribution is 2.28. The van der Waals surface area contributed by atoms with Gasteiger partial charge in [-0.3, -0.25) is 19.5 Å². The molecule has 0 fully saturated rings. The van der Waals surface area contributed by atoms with Gasteiger partial charge in [-0.2, -0.15) is 5.10 Å². The number of rotatable bonds is 8. The number of carbonyl (C=O) groups excluding carboxylic acids is 1. The molecule has 0 saturated carbocycles. The molecule has 34 heavy (non-hydrogen) atoms. The first kappa shape index (κ1) is 23.3. The maximum atomic E-state index is 12.4. The lowest BCUT2D eigenvalue weighted by Gasteiger charge is -2.10. The molecular formula is C23H17BrN6O3S. The van der Waals surface area contributed by atoms with Crippen LogP contribution in [0.4, 0.5) is 5.69 Å². The summed E-state index contributed by atoms with van der Waals surface area (Å²) in [5, 5.41) is 24.1. The van der Waals surface area contributed by atoms with Gasteiger partial charge >= 0.3 is 0 Å². The van der Waals surface area contributed by atoms with Gasteiger partial charge in [0.2, 0.25) is 0 Å². The molecule has 0 atom stereocenters. The van der Waals surface area contributed by atoms with Gasteiger partial charge in [0.05, 0.1) is 22.5 Å². The molecule has 1 heterocycles. The Kier molecular flexibility index (Phi) is 7.45. The molecule has 1 N–H and O–H groups in total. The highest BCUT2D eigenvalue weighted by Gasteiger charge is 2.17. The van der Waals surface area contributed by atoms with Crippen molar-refractivity contribution in [2.75, 3.05) is 5.75 Å². The molecule has 4 rings (SSSR count). The monoisotopic (exact) mass is 536 g/mol. The zero-order chi connectivity index (χ0) is 23.9. The van der Waals surface area contributed by atoms with Crippen LogP contribution in [0.1, 0.15) is 5.56 Å². The average Bonchev–Trinajstić information content (AvgIpc) is 3.28. The number of nitrogens with one attached hydrogen (secondary N) is 1. The molecule has 0 bridgehead atoms. The molecule has 0 radical (unpaired) electrons. The van der Waals surface area contributed by atoms with Gasteiger partial charge < -0.3 is 0 Å². The van der Waals surface area contributed by atoms with Gasteiger partial charge in [0, 0.05) is 21.8 Å². The Labute approximate surface area is 207 Å². The molecule has 4 aromatic rings. The van der Waals surface area contributed by atoms with E-state index in [9.17, 15) is 14.9 Å². The highest BCUT2D eigenvalue weighted by molar-refractivity contribution is 9.10. The number of aromatic nitrogens is 3. The molecule has 0 aliphatic carbocycles. The molecule has 0 unspecified atom stereocenters. The number of hydrogen-bond acceptors (Lipinski definition) is 7. The lowest BCUT2D eigenvalue weighted by molar-refractivity contribution is -0.385. The highest BCUT2D eigenvalue weighted by atomic mass is 79.9. The summed E-state index contributed by atoms with van der Waals surface area (Å²) in [4.78, 5) is 22.9. The second-order valence-electron chi connectivity index (χ2n) is 6.88. The summed E-state index contributed by atoms with van der Waals surface area (Å²) in [6.45, 7) is 0. The molecule has 3 aromatic carbocycles. The fraction of sp³-hybridized carbons (Fsp3) is 0.0435. The molecule has 0 aliphatic rings. The van der Waals surface area contributed by atoms with Crippen LogP contribution in [-0.4, -0.2) is 37.6 Å². The Bertz CT molecular complexity index is 1340. The quantitative estimate of drug-likeness (QED) is 0.149. The van der Waals surface area contributed by atoms with Gasteiger partial charge in [-0.05, 0) is 30.3 Å². The number of hydrogen-bond donors (Lipinski definition) is 1. The van der Waals surface area contributed by atoms with Crippen LogP contribution in [0.5, 0.6) is 0 Å². The lowest BCUT2D eigenvalue weighted by Crippen LogP contribution is -2.20. The number of amides is 1. The molecular weight excluding hydrogens is 520 g/mol. The van der Waals surface area contributed by atoms with E-state index in [0.717, 1.165) is 15.7 Å². The molecule has 1 amide bonds. The number of nitrogens with zero attached hydrogens (tertiary/aromatic N) is 5. The molecule has 170 valence electrons. The fourth-order valence-electron chi connectivity index (χ4n) is 3.06. The number of benzene rings is 3. The van der Waals surface area contributed by atoms with Crippen molar-refractivity contribution in [3.63, 3.8) is 0 Å². The Balaban J connectivity index is 1.50. The van der Waals surface area contributed by atoms with Crippen molar-refractivity contribution in [1.82, 2.24) is 20.2 Å². The SMILES string of the molecule is O=C(CSc1nnc(-c2ccccc2)n1-c1ccc(Br)cc1)NN=Cc1ccccc1[N+](=O)[O-]. The second kappa shape index (κ2) is 10.9. The van der Waals surface area contributed by atoms with Crippen molar-refractivity contribution >= 4 is 45.5 Å². The second-order valence-corrected chi connectivity index (χ2v) is 8.74. The predicted molar refractivity (Wildman–Crippen MR) is 134 cm³/mol. The minimum Gasteiger partial charge on any atom is -0.272 e. The van der Waals surface area contributed by atoms with Crippen LogP contribution in [0.3, 0.4) is 0 Å². The van der Waals surface area contributed by atoms with E-state index in [-0.39, 0.29) is 17.3 Å². The smallest absolute Gasteiger partial charge is 0.272 e. The van der Waals surface area contributed by atoms with Crippen LogP contribution in [-0.2, 0) is 4.79 Å². The predicted octanol–water partition coefficient (Wildman–Crippen LogP) is 4.85. The van der Waals surface area contributed by atoms with Crippen LogP contribution in [0.25, 0.3) is 17.1 Å². The molecule has 1 aromatic heterocycles. The van der Waals surface area contributed by atoms with Crippen molar-refractivity contribution in [3.8, 4) is 17.1 Å². The minimum absolute atomic E-state index is 0.0255. The van der Waals surface area contributed by atoms with Crippen LogP contribution in [0, 0.1) is 10.1 Å². The van der Waals surface area contributed by atoms with Crippen LogP contribution >= 0.6 is 27.7 Å². The van der Waals surface area contributed by atoms with E-state index in [1.54, 1.807) is 18.2 Å². The van der Waals surface area contributed by atoms with Crippen molar-refractivity contribution in [2.45, 2.75) is 5.16 Å². The van der Waals surface area contributed by atoms with E-state index in [0.29, 0.717) is 16.5 Å². The van der Waals surface area contributed by atoms with E-state index >= 15 is 0 Å². The van der Waals surface area contributed by atoms with Gasteiger partial charge in [0.1, 0.15) is 0 Å². The van der Waals surface area contributed by atoms with Gasteiger partial charge in [0.15, 0.2) is 11.0 Å². The third kappa shape index (κ3) is 5.56. The van der Waals surface area contributed by atoms with Gasteiger partial charge in [-0.1, -0.05) is 70.2 Å². The first-order valence-electron chi connectivity index (χ1n) is 9.98. The normalized spacial score (nSPS) is 11.0. The van der Waals surface area contributed by atoms with E-state index in [1.165, 1.54) is 24.0 Å². The third-order valence-electron chi connectivity index (χ3n) is 4.61. The zero-order valence-electron chi connectivity index (χ0n) is 17.5. The number of halogens is 1. The number of carbonyl (C=O) groups is 1. The summed E-state index contributed by atoms with van der Waals surface area (Å²) in [6, 6.07) is 23.5. The lowest BCUT2D eigenvalue weighted by atomic mass is 10.2. The van der Waals surface area contributed by atoms with Crippen LogP contribution < -0.4 is 5.43 Å². The van der Waals surface area contributed by atoms with Crippen molar-refractivity contribution in [1.29, 1.82) is 0 Å². The van der Waals surface area contributed by atoms with E-state index in [1.807, 2.05) is 59.2 Å². The third-order valence-corrected chi connectivity index (χ3v) is 6.07. The van der Waals surface area contributed by atoms with Gasteiger partial charge in [-0.25, -0.2) is 5.43 Å². The van der Waals surface area contributed by atoms with Crippen molar-refractivity contribution in [3.05, 3.63) is 99.0 Å². The first-order chi connectivity index (χ1) is 16.5. The van der Waals surface area contributed by atoms with Crippen molar-refractivity contribution < 1.29 is 9.72 Å². The van der Waals surface area contributed by atoms with E-state index in [2.05, 4.69) is 36.7 Å². The van der Waals surface area contributed by atoms with Crippen molar-refractivity contribution in [2.24, 2.45) is 5.10 Å². The fourth-order valence-corrected chi connectivity index (χ4v) is 4.07. The van der Waals surface area contributed by atoms with E-state index in [4.69, 9.17) is 0 Å². The Morgan fingerprint density at radius 3 is 2.50 bits per heavy atom. The molecule has 9 nitrogen and oxygen atoms in total. The molecule has 0 aliphatic heterocycles. The standard InChI is InChI=1S/C23H17BrN6O3S/c24-18-10-12-19(13-11-18)29-22(16-6-2-1-3-7-16)27-28-23(29)34-15-21(31)26-25-14-17-8-4-5-9-20(17)30(32)33/h1-14H,15H2,(H,26,31). The molecule has 0 saturated heterocycles. The number of para-hydroxylation sites is 1. The van der Waals surface area contributed by atoms with Crippen LogP contribution in [0.2, 0.25) is 0 Å². The number of hydrazone groups is 1. The Morgan fingerprint density at radius 2 is 1.76 bits per heavy atom. The summed E-state index contributed by atoms with van der Waals surface area (Å²) in [5.74, 6) is 0.296. The first-order valence-corrected chi connectivity index (χ1v) is 11.8. The Morgan fingerprint density at radius 1 is 1.06 bits per heavy atom. The number of thioether (sulfide) groups is 1. The molecule has 11 heteroatoms. The summed E-state index contributed by atoms with van der Waals surface area (Å²) >= 11 is 4.65. The summed E-state index contributed by atoms with van der Waals surface area (Å²) in [5.41, 5.74) is 4.34. The minimum atomic E-state index is -0.502. The number of nitro benzene ring substituents is 1. The van der Waals surface area contributed by atoms with Gasteiger partial charge in [-0.15, -0.1) is 10.2 Å². The maximum Gasteiger partial charge on any atom is 0.278 e. The van der Waals surface area contributed by atoms with E-state index < -0.39 is 4.92 Å². The topological polar surface area (TPSA) is 115 Å². The largest absolute Gasteiger partial charge is 0.278 e. The average molecular weight is 537 g/mol.